The first-order valence-electron chi connectivity index (χ1n) is 11.1. The molecule has 34 heavy (non-hydrogen) atoms. The highest BCUT2D eigenvalue weighted by Gasteiger charge is 2.29. The number of thioether (sulfide) groups is 1. The smallest absolute Gasteiger partial charge is 0.325 e. The molecule has 0 aliphatic carbocycles. The van der Waals surface area contributed by atoms with Crippen molar-refractivity contribution in [1.29, 1.82) is 0 Å². The Bertz CT molecular complexity index is 833. The van der Waals surface area contributed by atoms with Gasteiger partial charge < -0.3 is 31.9 Å². The molecular weight excluding hydrogens is 460 g/mol. The average Bonchev–Trinajstić information content (AvgIpc) is 2.76. The Hall–Kier alpha value is -2.79. The number of aromatic hydroxyl groups is 1. The molecule has 10 nitrogen and oxygen atoms in total. The zero-order chi connectivity index (χ0) is 25.8. The molecule has 1 rings (SSSR count). The molecule has 4 unspecified atom stereocenters. The summed E-state index contributed by atoms with van der Waals surface area (Å²) in [5, 5.41) is 26.2. The number of rotatable bonds is 14. The van der Waals surface area contributed by atoms with Gasteiger partial charge in [-0.3, -0.25) is 19.2 Å². The van der Waals surface area contributed by atoms with E-state index in [1.165, 1.54) is 30.8 Å². The van der Waals surface area contributed by atoms with Crippen molar-refractivity contribution in [2.24, 2.45) is 11.7 Å². The molecule has 4 atom stereocenters. The molecule has 11 heteroatoms. The fourth-order valence-electron chi connectivity index (χ4n) is 3.11. The summed E-state index contributed by atoms with van der Waals surface area (Å²) in [7, 11) is 0. The second-order valence-corrected chi connectivity index (χ2v) is 9.56. The maximum atomic E-state index is 13.0. The van der Waals surface area contributed by atoms with Crippen molar-refractivity contribution < 1.29 is 29.4 Å². The summed E-state index contributed by atoms with van der Waals surface area (Å²) >= 11 is 1.50. The van der Waals surface area contributed by atoms with Crippen LogP contribution in [0.5, 0.6) is 5.75 Å². The van der Waals surface area contributed by atoms with Crippen LogP contribution in [0.1, 0.15) is 39.2 Å². The van der Waals surface area contributed by atoms with E-state index in [4.69, 9.17) is 10.8 Å². The van der Waals surface area contributed by atoms with Crippen LogP contribution in [0, 0.1) is 5.92 Å². The van der Waals surface area contributed by atoms with Crippen molar-refractivity contribution in [3.63, 3.8) is 0 Å². The minimum Gasteiger partial charge on any atom is -0.508 e. The molecule has 1 aromatic rings. The van der Waals surface area contributed by atoms with E-state index in [0.717, 1.165) is 5.56 Å². The Morgan fingerprint density at radius 3 is 2.03 bits per heavy atom. The van der Waals surface area contributed by atoms with E-state index < -0.39 is 47.9 Å². The first-order chi connectivity index (χ1) is 15.9. The number of nitrogens with one attached hydrogen (secondary N) is 3. The van der Waals surface area contributed by atoms with E-state index in [9.17, 15) is 24.3 Å². The van der Waals surface area contributed by atoms with Gasteiger partial charge in [0.05, 0.1) is 6.04 Å². The zero-order valence-corrected chi connectivity index (χ0v) is 20.9. The van der Waals surface area contributed by atoms with E-state index in [2.05, 4.69) is 16.0 Å². The second kappa shape index (κ2) is 14.5. The van der Waals surface area contributed by atoms with Crippen LogP contribution in [-0.4, -0.2) is 70.1 Å². The fourth-order valence-corrected chi connectivity index (χ4v) is 3.58. The Morgan fingerprint density at radius 1 is 0.941 bits per heavy atom. The molecule has 0 aliphatic rings. The number of carboxylic acids is 1. The average molecular weight is 497 g/mol. The molecule has 0 spiro atoms. The normalized spacial score (nSPS) is 14.5. The number of phenolic OH excluding ortho intramolecular Hbond substituents is 1. The van der Waals surface area contributed by atoms with Crippen molar-refractivity contribution in [2.75, 3.05) is 12.0 Å². The van der Waals surface area contributed by atoms with Crippen molar-refractivity contribution in [1.82, 2.24) is 16.0 Å². The highest BCUT2D eigenvalue weighted by atomic mass is 32.2. The third-order valence-electron chi connectivity index (χ3n) is 5.04. The highest BCUT2D eigenvalue weighted by molar-refractivity contribution is 7.98. The number of hydrogen-bond acceptors (Lipinski definition) is 7. The predicted molar refractivity (Wildman–Crippen MR) is 131 cm³/mol. The molecule has 0 saturated heterocycles. The van der Waals surface area contributed by atoms with Gasteiger partial charge in [-0.2, -0.15) is 11.8 Å². The molecule has 0 radical (unpaired) electrons. The lowest BCUT2D eigenvalue weighted by Gasteiger charge is -2.25. The number of nitrogens with two attached hydrogens (primary N) is 1. The van der Waals surface area contributed by atoms with Crippen LogP contribution in [0.3, 0.4) is 0 Å². The monoisotopic (exact) mass is 496 g/mol. The number of carbonyl (C=O) groups excluding carboxylic acids is 3. The van der Waals surface area contributed by atoms with Crippen LogP contribution >= 0.6 is 11.8 Å². The summed E-state index contributed by atoms with van der Waals surface area (Å²) in [5.74, 6) is -2.10. The minimum atomic E-state index is -1.18. The number of carbonyl (C=O) groups is 4. The lowest BCUT2D eigenvalue weighted by molar-refractivity contribution is -0.141. The number of carboxylic acid groups (broad SMARTS) is 1. The molecule has 0 aromatic heterocycles. The topological polar surface area (TPSA) is 171 Å². The third-order valence-corrected chi connectivity index (χ3v) is 5.69. The molecule has 0 saturated carbocycles. The lowest BCUT2D eigenvalue weighted by atomic mass is 10.0. The van der Waals surface area contributed by atoms with Crippen molar-refractivity contribution in [3.05, 3.63) is 29.8 Å². The molecular formula is C23H36N4O6S. The van der Waals surface area contributed by atoms with Crippen LogP contribution in [0.4, 0.5) is 0 Å². The maximum Gasteiger partial charge on any atom is 0.325 e. The van der Waals surface area contributed by atoms with Gasteiger partial charge in [0.2, 0.25) is 17.7 Å². The number of phenols is 1. The number of hydrogen-bond donors (Lipinski definition) is 6. The molecule has 0 bridgehead atoms. The zero-order valence-electron chi connectivity index (χ0n) is 20.0. The van der Waals surface area contributed by atoms with Crippen molar-refractivity contribution >= 4 is 35.5 Å². The van der Waals surface area contributed by atoms with Gasteiger partial charge in [-0.25, -0.2) is 0 Å². The summed E-state index contributed by atoms with van der Waals surface area (Å²) in [4.78, 5) is 49.4. The quantitative estimate of drug-likeness (QED) is 0.218. The SMILES string of the molecule is CSCCC(NC(=O)C(N)Cc1ccc(O)cc1)C(=O)NC(CC(C)C)C(=O)NC(C)C(=O)O. The van der Waals surface area contributed by atoms with Gasteiger partial charge in [0.15, 0.2) is 0 Å². The van der Waals surface area contributed by atoms with Crippen molar-refractivity contribution in [2.45, 2.75) is 64.2 Å². The van der Waals surface area contributed by atoms with Crippen LogP contribution < -0.4 is 21.7 Å². The molecule has 0 heterocycles. The highest BCUT2D eigenvalue weighted by Crippen LogP contribution is 2.12. The van der Waals surface area contributed by atoms with Gasteiger partial charge in [0, 0.05) is 0 Å². The fraction of sp³-hybridized carbons (Fsp3) is 0.565. The molecule has 0 aliphatic heterocycles. The number of aliphatic carboxylic acids is 1. The van der Waals surface area contributed by atoms with Crippen LogP contribution in [-0.2, 0) is 25.6 Å². The number of amides is 3. The Kier molecular flexibility index (Phi) is 12.4. The van der Waals surface area contributed by atoms with Crippen LogP contribution in [0.25, 0.3) is 0 Å². The van der Waals surface area contributed by atoms with Crippen LogP contribution in [0.2, 0.25) is 0 Å². The Labute approximate surface area is 204 Å². The number of benzene rings is 1. The minimum absolute atomic E-state index is 0.0501. The summed E-state index contributed by atoms with van der Waals surface area (Å²) in [6.07, 6.45) is 2.71. The van der Waals surface area contributed by atoms with Gasteiger partial charge in [-0.1, -0.05) is 26.0 Å². The van der Waals surface area contributed by atoms with E-state index in [-0.39, 0.29) is 18.1 Å². The van der Waals surface area contributed by atoms with Gasteiger partial charge in [-0.15, -0.1) is 0 Å². The van der Waals surface area contributed by atoms with E-state index in [1.54, 1.807) is 12.1 Å². The molecule has 0 fully saturated rings. The van der Waals surface area contributed by atoms with E-state index in [1.807, 2.05) is 20.1 Å². The summed E-state index contributed by atoms with van der Waals surface area (Å²) in [6.45, 7) is 5.09. The largest absolute Gasteiger partial charge is 0.508 e. The van der Waals surface area contributed by atoms with Gasteiger partial charge in [-0.05, 0) is 61.8 Å². The lowest BCUT2D eigenvalue weighted by Crippen LogP contribution is -2.57. The first kappa shape index (κ1) is 29.2. The Morgan fingerprint density at radius 2 is 1.50 bits per heavy atom. The first-order valence-corrected chi connectivity index (χ1v) is 12.5. The van der Waals surface area contributed by atoms with E-state index >= 15 is 0 Å². The summed E-state index contributed by atoms with van der Waals surface area (Å²) < 4.78 is 0. The van der Waals surface area contributed by atoms with Gasteiger partial charge in [0.1, 0.15) is 23.9 Å². The van der Waals surface area contributed by atoms with Gasteiger partial charge >= 0.3 is 5.97 Å². The third kappa shape index (κ3) is 10.4. The predicted octanol–water partition coefficient (Wildman–Crippen LogP) is 0.620. The van der Waals surface area contributed by atoms with Crippen LogP contribution in [0.15, 0.2) is 24.3 Å². The molecule has 7 N–H and O–H groups in total. The second-order valence-electron chi connectivity index (χ2n) is 8.58. The molecule has 3 amide bonds. The Balaban J connectivity index is 2.88. The standard InChI is InChI=1S/C23H36N4O6S/c1-13(2)11-19(22(31)25-14(3)23(32)33)27-21(30)18(9-10-34-4)26-20(29)17(24)12-15-5-7-16(28)8-6-15/h5-8,13-14,17-19,28H,9-12,24H2,1-4H3,(H,25,31)(H,26,29)(H,27,30)(H,32,33). The van der Waals surface area contributed by atoms with Crippen molar-refractivity contribution in [3.8, 4) is 5.75 Å². The molecule has 1 aromatic carbocycles. The maximum absolute atomic E-state index is 13.0. The molecule has 190 valence electrons. The van der Waals surface area contributed by atoms with E-state index in [0.29, 0.717) is 18.6 Å². The summed E-state index contributed by atoms with van der Waals surface area (Å²) in [6, 6.07) is 2.43. The summed E-state index contributed by atoms with van der Waals surface area (Å²) in [5.41, 5.74) is 6.79. The van der Waals surface area contributed by atoms with Gasteiger partial charge in [0.25, 0.3) is 0 Å².